The van der Waals surface area contributed by atoms with Crippen LogP contribution in [0.1, 0.15) is 13.3 Å². The van der Waals surface area contributed by atoms with E-state index in [1.165, 1.54) is 6.92 Å². The van der Waals surface area contributed by atoms with Crippen LogP contribution in [0.5, 0.6) is 0 Å². The molecular weight excluding hydrogens is 444 g/mol. The Balaban J connectivity index is 1.71. The second-order valence-electron chi connectivity index (χ2n) is 9.30. The first-order valence-electron chi connectivity index (χ1n) is 11.0. The maximum Gasteiger partial charge on any atom is 0.187 e. The molecule has 0 unspecified atom stereocenters. The zero-order chi connectivity index (χ0) is 24.7. The van der Waals surface area contributed by atoms with E-state index in [-0.39, 0.29) is 19.6 Å². The molecule has 0 aromatic heterocycles. The Labute approximate surface area is 191 Å². The normalized spacial score (nSPS) is 53.7. The molecule has 0 aromatic rings. The summed E-state index contributed by atoms with van der Waals surface area (Å²) in [5.74, 6) is 0. The van der Waals surface area contributed by atoms with Crippen LogP contribution in [0.2, 0.25) is 0 Å². The van der Waals surface area contributed by atoms with Crippen molar-refractivity contribution in [1.82, 2.24) is 5.32 Å². The lowest BCUT2D eigenvalue weighted by atomic mass is 9.84. The summed E-state index contributed by atoms with van der Waals surface area (Å²) in [5.41, 5.74) is 16.5. The predicted octanol–water partition coefficient (Wildman–Crippen LogP) is -6.00. The van der Waals surface area contributed by atoms with E-state index >= 15 is 0 Å². The van der Waals surface area contributed by atoms with Crippen molar-refractivity contribution in [3.63, 3.8) is 0 Å². The molecule has 3 rings (SSSR count). The van der Waals surface area contributed by atoms with Gasteiger partial charge in [0.05, 0.1) is 12.6 Å². The second kappa shape index (κ2) is 10.6. The first-order valence-corrected chi connectivity index (χ1v) is 11.0. The van der Waals surface area contributed by atoms with Gasteiger partial charge in [0.25, 0.3) is 0 Å². The highest BCUT2D eigenvalue weighted by Crippen LogP contribution is 2.31. The molecule has 0 bridgehead atoms. The molecule has 33 heavy (non-hydrogen) atoms. The second-order valence-corrected chi connectivity index (χ2v) is 9.30. The minimum absolute atomic E-state index is 0.138. The highest BCUT2D eigenvalue weighted by atomic mass is 16.7. The first kappa shape index (κ1) is 27.0. The van der Waals surface area contributed by atoms with Gasteiger partial charge in [-0.2, -0.15) is 0 Å². The minimum atomic E-state index is -1.63. The largest absolute Gasteiger partial charge is 0.388 e. The van der Waals surface area contributed by atoms with Crippen molar-refractivity contribution in [1.29, 1.82) is 0 Å². The van der Waals surface area contributed by atoms with Gasteiger partial charge < -0.3 is 72.1 Å². The van der Waals surface area contributed by atoms with Gasteiger partial charge in [0.2, 0.25) is 0 Å². The van der Waals surface area contributed by atoms with Gasteiger partial charge >= 0.3 is 0 Å². The van der Waals surface area contributed by atoms with E-state index in [1.807, 2.05) is 0 Å². The van der Waals surface area contributed by atoms with Crippen LogP contribution in [0, 0.1) is 0 Å². The van der Waals surface area contributed by atoms with Gasteiger partial charge in [-0.25, -0.2) is 0 Å². The molecule has 3 fully saturated rings. The van der Waals surface area contributed by atoms with Crippen molar-refractivity contribution in [3.8, 4) is 0 Å². The molecule has 3 aliphatic rings. The van der Waals surface area contributed by atoms with E-state index in [2.05, 4.69) is 5.32 Å². The Morgan fingerprint density at radius 3 is 2.03 bits per heavy atom. The maximum absolute atomic E-state index is 11.0. The minimum Gasteiger partial charge on any atom is -0.388 e. The average molecular weight is 483 g/mol. The summed E-state index contributed by atoms with van der Waals surface area (Å²) in [4.78, 5) is 0. The fourth-order valence-electron chi connectivity index (χ4n) is 4.74. The Hall–Kier alpha value is -0.560. The molecular formula is C19H38N4O10. The SMILES string of the molecule is CN[C@H]1[C@@H](O)[C@@H](O[C@H]2[C@@H](O)[C@@H](O[C@H]3O[C@@H](CN)[C@@H](O)[C@@H](O)[C@H]3O)[C@@H](N)C[C@H]2N)OC[C@]1(C)O. The van der Waals surface area contributed by atoms with E-state index in [4.69, 9.17) is 36.1 Å². The molecule has 0 radical (unpaired) electrons. The van der Waals surface area contributed by atoms with Crippen molar-refractivity contribution < 1.29 is 49.6 Å². The van der Waals surface area contributed by atoms with Crippen LogP contribution in [-0.4, -0.2) is 136 Å². The number of likely N-dealkylation sites (N-methyl/N-ethyl adjacent to an activating group) is 1. The number of nitrogens with one attached hydrogen (secondary N) is 1. The molecule has 14 atom stereocenters. The quantitative estimate of drug-likeness (QED) is 0.169. The van der Waals surface area contributed by atoms with Crippen LogP contribution < -0.4 is 22.5 Å². The number of hydrogen-bond donors (Lipinski definition) is 10. The van der Waals surface area contributed by atoms with E-state index in [1.54, 1.807) is 7.05 Å². The van der Waals surface area contributed by atoms with Gasteiger partial charge in [0.1, 0.15) is 54.4 Å². The van der Waals surface area contributed by atoms with Gasteiger partial charge in [-0.15, -0.1) is 0 Å². The highest BCUT2D eigenvalue weighted by Gasteiger charge is 2.52. The molecule has 2 aliphatic heterocycles. The third-order valence-corrected chi connectivity index (χ3v) is 6.69. The fraction of sp³-hybridized carbons (Fsp3) is 1.00. The molecule has 14 nitrogen and oxygen atoms in total. The third-order valence-electron chi connectivity index (χ3n) is 6.69. The monoisotopic (exact) mass is 482 g/mol. The smallest absolute Gasteiger partial charge is 0.187 e. The van der Waals surface area contributed by atoms with E-state index in [0.717, 1.165) is 0 Å². The number of nitrogens with two attached hydrogens (primary N) is 3. The van der Waals surface area contributed by atoms with E-state index in [9.17, 15) is 30.6 Å². The van der Waals surface area contributed by atoms with Gasteiger partial charge in [0, 0.05) is 18.6 Å². The van der Waals surface area contributed by atoms with Crippen molar-refractivity contribution >= 4 is 0 Å². The molecule has 194 valence electrons. The number of ether oxygens (including phenoxy) is 4. The molecule has 0 amide bonds. The Bertz CT molecular complexity index is 646. The van der Waals surface area contributed by atoms with Crippen molar-refractivity contribution in [3.05, 3.63) is 0 Å². The van der Waals surface area contributed by atoms with Crippen molar-refractivity contribution in [2.75, 3.05) is 20.2 Å². The first-order chi connectivity index (χ1) is 15.4. The zero-order valence-corrected chi connectivity index (χ0v) is 18.7. The van der Waals surface area contributed by atoms with Crippen LogP contribution in [0.4, 0.5) is 0 Å². The summed E-state index contributed by atoms with van der Waals surface area (Å²) in [6.07, 6.45) is -13.0. The molecule has 1 aliphatic carbocycles. The van der Waals surface area contributed by atoms with Crippen LogP contribution in [0.3, 0.4) is 0 Å². The molecule has 13 N–H and O–H groups in total. The Kier molecular flexibility index (Phi) is 8.68. The number of aliphatic hydroxyl groups is 6. The zero-order valence-electron chi connectivity index (χ0n) is 18.7. The van der Waals surface area contributed by atoms with Crippen molar-refractivity contribution in [2.45, 2.75) is 98.5 Å². The number of aliphatic hydroxyl groups excluding tert-OH is 5. The molecule has 2 saturated heterocycles. The fourth-order valence-corrected chi connectivity index (χ4v) is 4.74. The molecule has 14 heteroatoms. The highest BCUT2D eigenvalue weighted by molar-refractivity contribution is 5.02. The van der Waals surface area contributed by atoms with Gasteiger partial charge in [-0.1, -0.05) is 0 Å². The van der Waals surface area contributed by atoms with Crippen LogP contribution in [-0.2, 0) is 18.9 Å². The summed E-state index contributed by atoms with van der Waals surface area (Å²) in [6.45, 7) is 1.22. The van der Waals surface area contributed by atoms with E-state index in [0.29, 0.717) is 0 Å². The molecule has 0 spiro atoms. The van der Waals surface area contributed by atoms with Crippen molar-refractivity contribution in [2.24, 2.45) is 17.2 Å². The summed E-state index contributed by atoms with van der Waals surface area (Å²) in [6, 6.07) is -2.30. The molecule has 2 heterocycles. The third kappa shape index (κ3) is 5.34. The van der Waals surface area contributed by atoms with Gasteiger partial charge in [-0.3, -0.25) is 0 Å². The lowest BCUT2D eigenvalue weighted by molar-refractivity contribution is -0.329. The lowest BCUT2D eigenvalue weighted by Gasteiger charge is -2.48. The predicted molar refractivity (Wildman–Crippen MR) is 111 cm³/mol. The summed E-state index contributed by atoms with van der Waals surface area (Å²) in [5, 5.41) is 65.2. The Morgan fingerprint density at radius 2 is 1.48 bits per heavy atom. The lowest BCUT2D eigenvalue weighted by Crippen LogP contribution is -2.69. The summed E-state index contributed by atoms with van der Waals surface area (Å²) in [7, 11) is 1.57. The molecule has 0 aromatic carbocycles. The van der Waals surface area contributed by atoms with E-state index < -0.39 is 85.1 Å². The van der Waals surface area contributed by atoms with Crippen LogP contribution in [0.15, 0.2) is 0 Å². The standard InChI is InChI=1S/C19H38N4O10/c1-19(29)5-30-17(13(28)16(19)23-2)32-14-6(21)3-7(22)15(12(14)27)33-18-11(26)10(25)9(24)8(4-20)31-18/h6-18,23-29H,3-5,20-22H2,1-2H3/t6-,7+,8+,9-,10-,11-,12-,13-,14-,15+,16+,17-,18-,19+/m1/s1. The van der Waals surface area contributed by atoms with Gasteiger partial charge in [0.15, 0.2) is 12.6 Å². The summed E-state index contributed by atoms with van der Waals surface area (Å²) >= 11 is 0. The van der Waals surface area contributed by atoms with Crippen LogP contribution >= 0.6 is 0 Å². The summed E-state index contributed by atoms with van der Waals surface area (Å²) < 4.78 is 22.5. The number of hydrogen-bond acceptors (Lipinski definition) is 14. The molecule has 1 saturated carbocycles. The average Bonchev–Trinajstić information content (AvgIpc) is 2.75. The Morgan fingerprint density at radius 1 is 0.909 bits per heavy atom. The van der Waals surface area contributed by atoms with Crippen LogP contribution in [0.25, 0.3) is 0 Å². The maximum atomic E-state index is 11.0. The van der Waals surface area contributed by atoms with Gasteiger partial charge in [-0.05, 0) is 20.4 Å². The number of rotatable bonds is 6. The topological polar surface area (TPSA) is 248 Å².